The summed E-state index contributed by atoms with van der Waals surface area (Å²) in [6.07, 6.45) is 1.09. The number of carbonyl (C=O) groups is 1. The fourth-order valence-electron chi connectivity index (χ4n) is 3.52. The first-order valence-electron chi connectivity index (χ1n) is 9.92. The molecule has 0 saturated heterocycles. The molecule has 1 N–H and O–H groups in total. The van der Waals surface area contributed by atoms with Gasteiger partial charge in [0.05, 0.1) is 22.2 Å². The van der Waals surface area contributed by atoms with Gasteiger partial charge in [-0.2, -0.15) is 0 Å². The van der Waals surface area contributed by atoms with Gasteiger partial charge in [0.1, 0.15) is 6.04 Å². The fraction of sp³-hybridized carbons (Fsp3) is 0.364. The first kappa shape index (κ1) is 23.0. The van der Waals surface area contributed by atoms with Gasteiger partial charge in [0.2, 0.25) is 15.9 Å². The van der Waals surface area contributed by atoms with Crippen LogP contribution in [-0.4, -0.2) is 31.2 Å². The summed E-state index contributed by atoms with van der Waals surface area (Å²) in [7, 11) is -3.70. The van der Waals surface area contributed by atoms with Crippen LogP contribution in [0.4, 0.5) is 11.4 Å². The Morgan fingerprint density at radius 3 is 2.32 bits per heavy atom. The molecule has 7 nitrogen and oxygen atoms in total. The number of benzene rings is 2. The molecule has 9 heteroatoms. The Morgan fingerprint density at radius 2 is 1.74 bits per heavy atom. The molecule has 0 fully saturated rings. The van der Waals surface area contributed by atoms with Crippen LogP contribution in [0.5, 0.6) is 0 Å². The Morgan fingerprint density at radius 1 is 1.06 bits per heavy atom. The zero-order chi connectivity index (χ0) is 23.1. The second-order valence-corrected chi connectivity index (χ2v) is 10.9. The molecule has 0 aliphatic rings. The maximum absolute atomic E-state index is 13.0. The van der Waals surface area contributed by atoms with Crippen LogP contribution in [0.3, 0.4) is 0 Å². The third kappa shape index (κ3) is 4.67. The zero-order valence-corrected chi connectivity index (χ0v) is 20.1. The predicted octanol–water partition coefficient (Wildman–Crippen LogP) is 4.05. The number of hydrogen-bond donors (Lipinski definition) is 1. The van der Waals surface area contributed by atoms with Crippen molar-refractivity contribution >= 4 is 48.9 Å². The molecule has 1 amide bonds. The Kier molecular flexibility index (Phi) is 6.29. The van der Waals surface area contributed by atoms with Crippen LogP contribution in [-0.2, 0) is 14.8 Å². The van der Waals surface area contributed by atoms with Crippen LogP contribution in [0, 0.1) is 13.8 Å². The lowest BCUT2D eigenvalue weighted by Crippen LogP contribution is -2.45. The van der Waals surface area contributed by atoms with Crippen LogP contribution in [0.15, 0.2) is 41.2 Å². The van der Waals surface area contributed by atoms with E-state index < -0.39 is 22.0 Å². The van der Waals surface area contributed by atoms with Crippen molar-refractivity contribution in [2.75, 3.05) is 15.9 Å². The smallest absolute Gasteiger partial charge is 0.308 e. The number of amides is 1. The van der Waals surface area contributed by atoms with Crippen LogP contribution in [0.25, 0.3) is 10.2 Å². The highest BCUT2D eigenvalue weighted by molar-refractivity contribution is 7.92. The number of rotatable bonds is 6. The number of nitrogens with one attached hydrogen (secondary N) is 1. The molecule has 1 aromatic heterocycles. The molecule has 0 unspecified atom stereocenters. The van der Waals surface area contributed by atoms with E-state index in [1.807, 2.05) is 33.8 Å². The van der Waals surface area contributed by atoms with E-state index in [0.717, 1.165) is 43.2 Å². The Balaban J connectivity index is 1.92. The van der Waals surface area contributed by atoms with E-state index in [4.69, 9.17) is 0 Å². The SMILES string of the molecule is Cc1ccc(N([C@H](C)C(=O)Nc2ccc3c(c2)sc(=O)n3C(C)C)S(C)(=O)=O)cc1C. The van der Waals surface area contributed by atoms with Gasteiger partial charge < -0.3 is 5.32 Å². The van der Waals surface area contributed by atoms with Gasteiger partial charge in [-0.05, 0) is 76.1 Å². The number of anilines is 2. The molecule has 0 saturated carbocycles. The average Bonchev–Trinajstić information content (AvgIpc) is 2.98. The lowest BCUT2D eigenvalue weighted by molar-refractivity contribution is -0.116. The van der Waals surface area contributed by atoms with Crippen LogP contribution in [0.1, 0.15) is 37.9 Å². The standard InChI is InChI=1S/C22H27N3O4S2/c1-13(2)24-19-10-8-17(12-20(19)30-22(24)27)23-21(26)16(5)25(31(6,28)29)18-9-7-14(3)15(4)11-18/h7-13,16H,1-6H3,(H,23,26)/t16-/m1/s1. The second kappa shape index (κ2) is 8.47. The van der Waals surface area contributed by atoms with Gasteiger partial charge in [0.25, 0.3) is 0 Å². The molecule has 2 aromatic carbocycles. The Labute approximate surface area is 186 Å². The molecule has 0 bridgehead atoms. The van der Waals surface area contributed by atoms with E-state index in [-0.39, 0.29) is 10.9 Å². The van der Waals surface area contributed by atoms with Gasteiger partial charge in [-0.25, -0.2) is 8.42 Å². The van der Waals surface area contributed by atoms with Crippen molar-refractivity contribution in [3.63, 3.8) is 0 Å². The van der Waals surface area contributed by atoms with Crippen molar-refractivity contribution in [2.24, 2.45) is 0 Å². The number of carbonyl (C=O) groups excluding carboxylic acids is 1. The van der Waals surface area contributed by atoms with E-state index >= 15 is 0 Å². The van der Waals surface area contributed by atoms with E-state index in [1.54, 1.807) is 41.8 Å². The average molecular weight is 462 g/mol. The second-order valence-electron chi connectivity index (χ2n) is 8.01. The normalized spacial score (nSPS) is 12.9. The summed E-state index contributed by atoms with van der Waals surface area (Å²) in [5, 5.41) is 2.79. The van der Waals surface area contributed by atoms with E-state index in [2.05, 4.69) is 5.32 Å². The molecule has 3 rings (SSSR count). The van der Waals surface area contributed by atoms with Crippen LogP contribution in [0.2, 0.25) is 0 Å². The largest absolute Gasteiger partial charge is 0.324 e. The summed E-state index contributed by atoms with van der Waals surface area (Å²) in [4.78, 5) is 25.2. The number of aromatic nitrogens is 1. The van der Waals surface area contributed by atoms with Crippen molar-refractivity contribution < 1.29 is 13.2 Å². The summed E-state index contributed by atoms with van der Waals surface area (Å²) in [5.41, 5.74) is 3.73. The molecular formula is C22H27N3O4S2. The van der Waals surface area contributed by atoms with E-state index in [0.29, 0.717) is 11.4 Å². The van der Waals surface area contributed by atoms with Gasteiger partial charge >= 0.3 is 4.87 Å². The summed E-state index contributed by atoms with van der Waals surface area (Å²) in [6, 6.07) is 9.62. The Bertz CT molecular complexity index is 1310. The van der Waals surface area contributed by atoms with Crippen LogP contribution >= 0.6 is 11.3 Å². The minimum absolute atomic E-state index is 0.0306. The molecule has 0 aliphatic heterocycles. The lowest BCUT2D eigenvalue weighted by Gasteiger charge is -2.28. The van der Waals surface area contributed by atoms with Gasteiger partial charge in [-0.3, -0.25) is 18.5 Å². The summed E-state index contributed by atoms with van der Waals surface area (Å²) >= 11 is 1.12. The molecule has 31 heavy (non-hydrogen) atoms. The monoisotopic (exact) mass is 461 g/mol. The van der Waals surface area contributed by atoms with Gasteiger partial charge in [-0.15, -0.1) is 0 Å². The van der Waals surface area contributed by atoms with Crippen molar-refractivity contribution in [2.45, 2.75) is 46.7 Å². The minimum Gasteiger partial charge on any atom is -0.324 e. The third-order valence-corrected chi connectivity index (χ3v) is 7.39. The number of aryl methyl sites for hydroxylation is 2. The topological polar surface area (TPSA) is 88.5 Å². The fourth-order valence-corrected chi connectivity index (χ4v) is 5.74. The highest BCUT2D eigenvalue weighted by atomic mass is 32.2. The first-order valence-corrected chi connectivity index (χ1v) is 12.6. The summed E-state index contributed by atoms with van der Waals surface area (Å²) in [6.45, 7) is 9.28. The molecule has 0 radical (unpaired) electrons. The number of thiazole rings is 1. The maximum Gasteiger partial charge on any atom is 0.308 e. The molecule has 3 aromatic rings. The maximum atomic E-state index is 13.0. The molecular weight excluding hydrogens is 434 g/mol. The van der Waals surface area contributed by atoms with Gasteiger partial charge in [0.15, 0.2) is 0 Å². The van der Waals surface area contributed by atoms with E-state index in [1.165, 1.54) is 0 Å². The highest BCUT2D eigenvalue weighted by Gasteiger charge is 2.29. The molecule has 0 spiro atoms. The number of nitrogens with zero attached hydrogens (tertiary/aromatic N) is 2. The quantitative estimate of drug-likeness (QED) is 0.600. The number of hydrogen-bond acceptors (Lipinski definition) is 5. The highest BCUT2D eigenvalue weighted by Crippen LogP contribution is 2.26. The summed E-state index contributed by atoms with van der Waals surface area (Å²) in [5.74, 6) is -0.460. The van der Waals surface area contributed by atoms with Crippen molar-refractivity contribution in [3.8, 4) is 0 Å². The Hall–Kier alpha value is -2.65. The zero-order valence-electron chi connectivity index (χ0n) is 18.5. The third-order valence-electron chi connectivity index (χ3n) is 5.23. The van der Waals surface area contributed by atoms with Crippen molar-refractivity contribution in [1.29, 1.82) is 0 Å². The minimum atomic E-state index is -3.70. The van der Waals surface area contributed by atoms with Gasteiger partial charge in [0, 0.05) is 11.7 Å². The number of fused-ring (bicyclic) bond motifs is 1. The summed E-state index contributed by atoms with van der Waals surface area (Å²) < 4.78 is 28.6. The molecule has 1 heterocycles. The van der Waals surface area contributed by atoms with Crippen molar-refractivity contribution in [3.05, 3.63) is 57.2 Å². The first-order chi connectivity index (χ1) is 14.4. The predicted molar refractivity (Wildman–Crippen MR) is 128 cm³/mol. The van der Waals surface area contributed by atoms with Gasteiger partial charge in [-0.1, -0.05) is 17.4 Å². The van der Waals surface area contributed by atoms with Crippen molar-refractivity contribution in [1.82, 2.24) is 4.57 Å². The molecule has 166 valence electrons. The lowest BCUT2D eigenvalue weighted by atomic mass is 10.1. The number of sulfonamides is 1. The molecule has 0 aliphatic carbocycles. The molecule has 1 atom stereocenters. The van der Waals surface area contributed by atoms with E-state index in [9.17, 15) is 18.0 Å². The van der Waals surface area contributed by atoms with Crippen LogP contribution < -0.4 is 14.5 Å².